The van der Waals surface area contributed by atoms with E-state index in [2.05, 4.69) is 17.6 Å². The molecule has 0 heterocycles. The van der Waals surface area contributed by atoms with Gasteiger partial charge in [0.2, 0.25) is 5.91 Å². The van der Waals surface area contributed by atoms with Gasteiger partial charge in [0, 0.05) is 18.7 Å². The smallest absolute Gasteiger partial charge is 0.408 e. The summed E-state index contributed by atoms with van der Waals surface area (Å²) in [7, 11) is 0. The Morgan fingerprint density at radius 2 is 1.49 bits per heavy atom. The molecule has 0 aromatic heterocycles. The number of phenolic OH excluding ortho intramolecular Hbond substituents is 1. The first-order valence-electron chi connectivity index (χ1n) is 15.8. The third-order valence-corrected chi connectivity index (χ3v) is 7.58. The van der Waals surface area contributed by atoms with Crippen LogP contribution in [0.3, 0.4) is 0 Å². The quantitative estimate of drug-likeness (QED) is 0.172. The van der Waals surface area contributed by atoms with Crippen LogP contribution in [0, 0.1) is 20.8 Å². The summed E-state index contributed by atoms with van der Waals surface area (Å²) >= 11 is 0. The molecule has 0 bridgehead atoms. The first-order valence-corrected chi connectivity index (χ1v) is 15.8. The lowest BCUT2D eigenvalue weighted by Crippen LogP contribution is -2.53. The van der Waals surface area contributed by atoms with Crippen molar-refractivity contribution in [2.75, 3.05) is 11.9 Å². The van der Waals surface area contributed by atoms with E-state index in [0.717, 1.165) is 41.5 Å². The zero-order chi connectivity index (χ0) is 33.1. The number of para-hydroxylation sites is 1. The van der Waals surface area contributed by atoms with Crippen LogP contribution in [0.5, 0.6) is 5.75 Å². The number of nitrogens with zero attached hydrogens (tertiary/aromatic N) is 1. The Balaban J connectivity index is 2.09. The number of benzene rings is 3. The van der Waals surface area contributed by atoms with Crippen molar-refractivity contribution < 1.29 is 24.2 Å². The number of carbonyl (C=O) groups excluding carboxylic acids is 3. The van der Waals surface area contributed by atoms with Crippen LogP contribution < -0.4 is 10.6 Å². The van der Waals surface area contributed by atoms with Crippen molar-refractivity contribution in [3.63, 3.8) is 0 Å². The predicted octanol–water partition coefficient (Wildman–Crippen LogP) is 7.54. The van der Waals surface area contributed by atoms with Gasteiger partial charge in [-0.1, -0.05) is 86.3 Å². The maximum Gasteiger partial charge on any atom is 0.408 e. The third kappa shape index (κ3) is 10.7. The molecule has 0 radical (unpaired) electrons. The summed E-state index contributed by atoms with van der Waals surface area (Å²) in [5.74, 6) is -0.629. The number of anilines is 1. The van der Waals surface area contributed by atoms with Gasteiger partial charge in [0.25, 0.3) is 5.91 Å². The van der Waals surface area contributed by atoms with Crippen LogP contribution in [0.25, 0.3) is 0 Å². The van der Waals surface area contributed by atoms with Crippen LogP contribution in [0.4, 0.5) is 10.5 Å². The second-order valence-corrected chi connectivity index (χ2v) is 12.7. The number of rotatable bonds is 13. The molecule has 3 aromatic rings. The van der Waals surface area contributed by atoms with Gasteiger partial charge in [-0.15, -0.1) is 0 Å². The first kappa shape index (κ1) is 35.2. The molecule has 8 heteroatoms. The van der Waals surface area contributed by atoms with Gasteiger partial charge in [0.15, 0.2) is 0 Å². The number of carbonyl (C=O) groups is 3. The van der Waals surface area contributed by atoms with Gasteiger partial charge in [0.05, 0.1) is 0 Å². The number of hydrogen-bond acceptors (Lipinski definition) is 5. The van der Waals surface area contributed by atoms with Gasteiger partial charge in [-0.3, -0.25) is 9.59 Å². The van der Waals surface area contributed by atoms with E-state index < -0.39 is 29.7 Å². The molecule has 242 valence electrons. The number of nitrogens with one attached hydrogen (secondary N) is 2. The Hall–Kier alpha value is -4.33. The minimum absolute atomic E-state index is 0.0990. The van der Waals surface area contributed by atoms with Crippen molar-refractivity contribution in [3.05, 3.63) is 94.5 Å². The molecule has 0 spiro atoms. The summed E-state index contributed by atoms with van der Waals surface area (Å²) in [4.78, 5) is 43.6. The Bertz CT molecular complexity index is 1410. The van der Waals surface area contributed by atoms with Crippen LogP contribution >= 0.6 is 0 Å². The molecule has 0 aliphatic rings. The number of hydrogen-bond donors (Lipinski definition) is 3. The van der Waals surface area contributed by atoms with Gasteiger partial charge < -0.3 is 25.4 Å². The second kappa shape index (κ2) is 16.1. The Labute approximate surface area is 268 Å². The average Bonchev–Trinajstić information content (AvgIpc) is 2.97. The minimum atomic E-state index is -1.03. The van der Waals surface area contributed by atoms with Crippen LogP contribution in [0.1, 0.15) is 87.2 Å². The third-order valence-electron chi connectivity index (χ3n) is 7.58. The Morgan fingerprint density at radius 1 is 0.867 bits per heavy atom. The fourth-order valence-electron chi connectivity index (χ4n) is 5.22. The molecule has 3 amide bonds. The van der Waals surface area contributed by atoms with Gasteiger partial charge >= 0.3 is 6.09 Å². The van der Waals surface area contributed by atoms with E-state index >= 15 is 0 Å². The molecule has 2 atom stereocenters. The van der Waals surface area contributed by atoms with E-state index in [1.165, 1.54) is 0 Å². The van der Waals surface area contributed by atoms with Crippen LogP contribution in [-0.4, -0.2) is 46.1 Å². The van der Waals surface area contributed by atoms with Crippen molar-refractivity contribution in [3.8, 4) is 5.75 Å². The van der Waals surface area contributed by atoms with Crippen molar-refractivity contribution >= 4 is 23.6 Å². The zero-order valence-electron chi connectivity index (χ0n) is 27.8. The van der Waals surface area contributed by atoms with Crippen molar-refractivity contribution in [2.24, 2.45) is 0 Å². The summed E-state index contributed by atoms with van der Waals surface area (Å²) in [6.45, 7) is 13.6. The minimum Gasteiger partial charge on any atom is -0.508 e. The standard InChI is InChI=1S/C37H49N3O5/c1-8-9-10-11-23-40(35(43)31(38-36(44)45-37(5,6)7)24-28-17-21-30(41)22-18-28)33(29-19-15-25(2)16-20-29)34(42)39-32-26(3)13-12-14-27(32)4/h12-22,31,33,41H,8-11,23-24H2,1-7H3,(H,38,44)(H,39,42). The monoisotopic (exact) mass is 615 g/mol. The van der Waals surface area contributed by atoms with E-state index in [0.29, 0.717) is 24.2 Å². The van der Waals surface area contributed by atoms with Crippen molar-refractivity contribution in [1.82, 2.24) is 10.2 Å². The number of phenols is 1. The van der Waals surface area contributed by atoms with Gasteiger partial charge in [0.1, 0.15) is 23.4 Å². The molecular formula is C37H49N3O5. The number of unbranched alkanes of at least 4 members (excludes halogenated alkanes) is 3. The Kier molecular flexibility index (Phi) is 12.6. The van der Waals surface area contributed by atoms with Gasteiger partial charge in [-0.05, 0) is 82.3 Å². The topological polar surface area (TPSA) is 108 Å². The van der Waals surface area contributed by atoms with E-state index in [1.807, 2.05) is 63.2 Å². The zero-order valence-corrected chi connectivity index (χ0v) is 27.8. The van der Waals surface area contributed by atoms with Crippen molar-refractivity contribution in [1.29, 1.82) is 0 Å². The van der Waals surface area contributed by atoms with Crippen LogP contribution in [0.2, 0.25) is 0 Å². The number of ether oxygens (including phenoxy) is 1. The summed E-state index contributed by atoms with van der Waals surface area (Å²) in [5.41, 5.74) is 4.23. The number of aryl methyl sites for hydroxylation is 3. The lowest BCUT2D eigenvalue weighted by molar-refractivity contribution is -0.140. The average molecular weight is 616 g/mol. The summed E-state index contributed by atoms with van der Waals surface area (Å²) < 4.78 is 5.54. The predicted molar refractivity (Wildman–Crippen MR) is 179 cm³/mol. The van der Waals surface area contributed by atoms with Crippen LogP contribution in [-0.2, 0) is 20.7 Å². The summed E-state index contributed by atoms with van der Waals surface area (Å²) in [5, 5.41) is 15.7. The van der Waals surface area contributed by atoms with E-state index in [9.17, 15) is 19.5 Å². The van der Waals surface area contributed by atoms with Gasteiger partial charge in [-0.25, -0.2) is 4.79 Å². The maximum absolute atomic E-state index is 14.7. The molecule has 3 rings (SSSR count). The highest BCUT2D eigenvalue weighted by Crippen LogP contribution is 2.28. The summed E-state index contributed by atoms with van der Waals surface area (Å²) in [6.07, 6.45) is 3.02. The van der Waals surface area contributed by atoms with E-state index in [4.69, 9.17) is 4.74 Å². The van der Waals surface area contributed by atoms with Crippen LogP contribution in [0.15, 0.2) is 66.7 Å². The maximum atomic E-state index is 14.7. The molecule has 0 saturated carbocycles. The number of alkyl carbamates (subject to hydrolysis) is 1. The SMILES string of the molecule is CCCCCCN(C(=O)C(Cc1ccc(O)cc1)NC(=O)OC(C)(C)C)C(C(=O)Nc1c(C)cccc1C)c1ccc(C)cc1. The molecule has 3 N–H and O–H groups in total. The number of aromatic hydroxyl groups is 1. The van der Waals surface area contributed by atoms with E-state index in [1.54, 1.807) is 49.9 Å². The molecule has 0 fully saturated rings. The number of amides is 3. The Morgan fingerprint density at radius 3 is 2.07 bits per heavy atom. The highest BCUT2D eigenvalue weighted by molar-refractivity contribution is 6.00. The molecule has 0 aliphatic heterocycles. The van der Waals surface area contributed by atoms with Crippen molar-refractivity contribution in [2.45, 2.75) is 98.3 Å². The highest BCUT2D eigenvalue weighted by atomic mass is 16.6. The largest absolute Gasteiger partial charge is 0.508 e. The first-order chi connectivity index (χ1) is 21.3. The molecule has 45 heavy (non-hydrogen) atoms. The highest BCUT2D eigenvalue weighted by Gasteiger charge is 2.36. The molecule has 0 saturated heterocycles. The molecule has 0 aliphatic carbocycles. The second-order valence-electron chi connectivity index (χ2n) is 12.7. The molecular weight excluding hydrogens is 566 g/mol. The normalized spacial score (nSPS) is 12.6. The van der Waals surface area contributed by atoms with E-state index in [-0.39, 0.29) is 18.1 Å². The molecule has 8 nitrogen and oxygen atoms in total. The fraction of sp³-hybridized carbons (Fsp3) is 0.432. The lowest BCUT2D eigenvalue weighted by Gasteiger charge is -2.35. The molecule has 3 aromatic carbocycles. The fourth-order valence-corrected chi connectivity index (χ4v) is 5.22. The molecule has 2 unspecified atom stereocenters. The summed E-state index contributed by atoms with van der Waals surface area (Å²) in [6, 6.07) is 18.0. The lowest BCUT2D eigenvalue weighted by atomic mass is 9.98. The van der Waals surface area contributed by atoms with Gasteiger partial charge in [-0.2, -0.15) is 0 Å².